The Morgan fingerprint density at radius 1 is 1.27 bits per heavy atom. The minimum Gasteiger partial charge on any atom is -0.285 e. The Morgan fingerprint density at radius 3 is 2.82 bits per heavy atom. The van der Waals surface area contributed by atoms with Crippen LogP contribution >= 0.6 is 0 Å². The molecule has 11 heavy (non-hydrogen) atoms. The first kappa shape index (κ1) is 7.53. The minimum absolute atomic E-state index is 0.459. The molecule has 64 valence electrons. The van der Waals surface area contributed by atoms with Crippen molar-refractivity contribution >= 4 is 0 Å². The van der Waals surface area contributed by atoms with Crippen LogP contribution in [0.4, 0.5) is 0 Å². The summed E-state index contributed by atoms with van der Waals surface area (Å²) < 4.78 is 0. The van der Waals surface area contributed by atoms with E-state index in [-0.39, 0.29) is 0 Å². The first-order valence-corrected chi connectivity index (χ1v) is 4.58. The molecule has 0 aromatic heterocycles. The van der Waals surface area contributed by atoms with Gasteiger partial charge in [-0.05, 0) is 33.1 Å². The number of fused-ring (bicyclic) bond motifs is 1. The number of nitrogens with one attached hydrogen (secondary N) is 2. The highest BCUT2D eigenvalue weighted by Crippen LogP contribution is 2.22. The molecule has 0 spiro atoms. The van der Waals surface area contributed by atoms with E-state index in [9.17, 15) is 0 Å². The summed E-state index contributed by atoms with van der Waals surface area (Å²) in [5.74, 6) is 0. The van der Waals surface area contributed by atoms with Gasteiger partial charge in [0.2, 0.25) is 0 Å². The Bertz CT molecular complexity index is 148. The summed E-state index contributed by atoms with van der Waals surface area (Å²) in [7, 11) is 0. The highest BCUT2D eigenvalue weighted by molar-refractivity contribution is 4.84. The topological polar surface area (TPSA) is 27.3 Å². The van der Waals surface area contributed by atoms with E-state index in [1.807, 2.05) is 0 Å². The van der Waals surface area contributed by atoms with Crippen LogP contribution in [0.25, 0.3) is 0 Å². The smallest absolute Gasteiger partial charge is 0.0748 e. The van der Waals surface area contributed by atoms with Gasteiger partial charge < -0.3 is 0 Å². The van der Waals surface area contributed by atoms with Gasteiger partial charge in [-0.2, -0.15) is 0 Å². The van der Waals surface area contributed by atoms with E-state index in [4.69, 9.17) is 0 Å². The average molecular weight is 155 g/mol. The lowest BCUT2D eigenvalue weighted by atomic mass is 10.0. The van der Waals surface area contributed by atoms with E-state index < -0.39 is 0 Å². The Hall–Kier alpha value is -0.120. The van der Waals surface area contributed by atoms with E-state index >= 15 is 0 Å². The molecule has 2 rings (SSSR count). The lowest BCUT2D eigenvalue weighted by Gasteiger charge is -2.34. The molecule has 3 heteroatoms. The molecular formula is C8H17N3. The summed E-state index contributed by atoms with van der Waals surface area (Å²) in [6.45, 7) is 4.46. The molecule has 3 unspecified atom stereocenters. The van der Waals surface area contributed by atoms with Crippen molar-refractivity contribution in [2.24, 2.45) is 0 Å². The van der Waals surface area contributed by atoms with Gasteiger partial charge in [0.15, 0.2) is 0 Å². The van der Waals surface area contributed by atoms with Crippen LogP contribution in [0.2, 0.25) is 0 Å². The van der Waals surface area contributed by atoms with Crippen molar-refractivity contribution in [2.45, 2.75) is 51.5 Å². The molecule has 2 aliphatic heterocycles. The molecule has 0 saturated carbocycles. The van der Waals surface area contributed by atoms with Crippen LogP contribution in [-0.4, -0.2) is 23.4 Å². The van der Waals surface area contributed by atoms with Crippen LogP contribution in [0, 0.1) is 0 Å². The largest absolute Gasteiger partial charge is 0.285 e. The zero-order valence-corrected chi connectivity index (χ0v) is 7.30. The lowest BCUT2D eigenvalue weighted by Crippen LogP contribution is -2.48. The molecule has 2 N–H and O–H groups in total. The third-order valence-electron chi connectivity index (χ3n) is 2.70. The molecule has 2 fully saturated rings. The maximum atomic E-state index is 3.50. The average Bonchev–Trinajstić information content (AvgIpc) is 2.31. The molecular weight excluding hydrogens is 138 g/mol. The van der Waals surface area contributed by atoms with Gasteiger partial charge in [0.05, 0.1) is 12.3 Å². The van der Waals surface area contributed by atoms with Crippen LogP contribution in [0.15, 0.2) is 0 Å². The van der Waals surface area contributed by atoms with E-state index in [1.165, 1.54) is 19.3 Å². The first-order valence-electron chi connectivity index (χ1n) is 4.58. The number of hydrogen-bond acceptors (Lipinski definition) is 3. The third-order valence-corrected chi connectivity index (χ3v) is 2.70. The van der Waals surface area contributed by atoms with Gasteiger partial charge in [-0.15, -0.1) is 0 Å². The second kappa shape index (κ2) is 2.73. The van der Waals surface area contributed by atoms with Crippen molar-refractivity contribution in [3.63, 3.8) is 0 Å². The number of rotatable bonds is 0. The van der Waals surface area contributed by atoms with Crippen LogP contribution < -0.4 is 10.7 Å². The molecule has 0 amide bonds. The Kier molecular flexibility index (Phi) is 1.87. The van der Waals surface area contributed by atoms with Crippen molar-refractivity contribution in [1.82, 2.24) is 15.8 Å². The van der Waals surface area contributed by atoms with Crippen LogP contribution in [0.3, 0.4) is 0 Å². The second-order valence-electron chi connectivity index (χ2n) is 3.72. The molecule has 3 atom stereocenters. The Morgan fingerprint density at radius 2 is 2.09 bits per heavy atom. The minimum atomic E-state index is 0.459. The van der Waals surface area contributed by atoms with E-state index in [2.05, 4.69) is 29.6 Å². The molecule has 2 saturated heterocycles. The quantitative estimate of drug-likeness (QED) is 0.537. The van der Waals surface area contributed by atoms with Gasteiger partial charge in [0.1, 0.15) is 0 Å². The fraction of sp³-hybridized carbons (Fsp3) is 1.00. The van der Waals surface area contributed by atoms with Crippen LogP contribution in [-0.2, 0) is 0 Å². The maximum Gasteiger partial charge on any atom is 0.0748 e. The summed E-state index contributed by atoms with van der Waals surface area (Å²) in [4.78, 5) is 0. The van der Waals surface area contributed by atoms with Crippen molar-refractivity contribution in [1.29, 1.82) is 0 Å². The van der Waals surface area contributed by atoms with Crippen LogP contribution in [0.5, 0.6) is 0 Å². The molecule has 0 radical (unpaired) electrons. The van der Waals surface area contributed by atoms with E-state index in [1.54, 1.807) is 0 Å². The maximum absolute atomic E-state index is 3.50. The standard InChI is InChI=1S/C8H17N3/c1-6-4-3-5-8-9-7(2)10-11(6)8/h6-10H,3-5H2,1-2H3. The number of hydrogen-bond donors (Lipinski definition) is 2. The predicted molar refractivity (Wildman–Crippen MR) is 44.7 cm³/mol. The van der Waals surface area contributed by atoms with Crippen molar-refractivity contribution in [3.8, 4) is 0 Å². The van der Waals surface area contributed by atoms with Gasteiger partial charge in [-0.1, -0.05) is 0 Å². The van der Waals surface area contributed by atoms with Crippen LogP contribution in [0.1, 0.15) is 33.1 Å². The normalized spacial score (nSPS) is 45.8. The van der Waals surface area contributed by atoms with Gasteiger partial charge in [0.25, 0.3) is 0 Å². The molecule has 0 aromatic rings. The van der Waals surface area contributed by atoms with Crippen molar-refractivity contribution in [2.75, 3.05) is 0 Å². The van der Waals surface area contributed by atoms with E-state index in [0.29, 0.717) is 18.4 Å². The lowest BCUT2D eigenvalue weighted by molar-refractivity contribution is 0.0772. The monoisotopic (exact) mass is 155 g/mol. The molecule has 0 bridgehead atoms. The van der Waals surface area contributed by atoms with E-state index in [0.717, 1.165) is 0 Å². The zero-order chi connectivity index (χ0) is 7.84. The fourth-order valence-corrected chi connectivity index (χ4v) is 2.12. The Labute approximate surface area is 68.1 Å². The van der Waals surface area contributed by atoms with Crippen molar-refractivity contribution in [3.05, 3.63) is 0 Å². The summed E-state index contributed by atoms with van der Waals surface area (Å²) in [5, 5.41) is 5.87. The number of piperidine rings is 1. The van der Waals surface area contributed by atoms with Gasteiger partial charge in [-0.25, -0.2) is 10.4 Å². The van der Waals surface area contributed by atoms with Gasteiger partial charge >= 0.3 is 0 Å². The molecule has 0 aliphatic carbocycles. The Balaban J connectivity index is 2.03. The molecule has 2 heterocycles. The number of nitrogens with zero attached hydrogens (tertiary/aromatic N) is 1. The summed E-state index contributed by atoms with van der Waals surface area (Å²) in [5.41, 5.74) is 3.43. The predicted octanol–water partition coefficient (Wildman–Crippen LogP) is 0.641. The molecule has 0 aromatic carbocycles. The summed E-state index contributed by atoms with van der Waals surface area (Å²) in [6.07, 6.45) is 5.04. The summed E-state index contributed by atoms with van der Waals surface area (Å²) in [6, 6.07) is 0.700. The fourth-order valence-electron chi connectivity index (χ4n) is 2.12. The zero-order valence-electron chi connectivity index (χ0n) is 7.30. The highest BCUT2D eigenvalue weighted by Gasteiger charge is 2.34. The SMILES string of the molecule is CC1NC2CCCC(C)N2N1. The third kappa shape index (κ3) is 1.28. The summed E-state index contributed by atoms with van der Waals surface area (Å²) >= 11 is 0. The van der Waals surface area contributed by atoms with Gasteiger partial charge in [0, 0.05) is 6.04 Å². The van der Waals surface area contributed by atoms with Gasteiger partial charge in [-0.3, -0.25) is 5.32 Å². The highest BCUT2D eigenvalue weighted by atomic mass is 15.7. The van der Waals surface area contributed by atoms with Crippen molar-refractivity contribution < 1.29 is 0 Å². The molecule has 3 nitrogen and oxygen atoms in total. The first-order chi connectivity index (χ1) is 5.27. The molecule has 2 aliphatic rings. The second-order valence-corrected chi connectivity index (χ2v) is 3.72. The number of hydrazine groups is 1.